The number of pyridine rings is 1. The molecular weight excluding hydrogens is 360 g/mol. The van der Waals surface area contributed by atoms with Gasteiger partial charge in [-0.1, -0.05) is 0 Å². The summed E-state index contributed by atoms with van der Waals surface area (Å²) in [4.78, 5) is 52.7. The van der Waals surface area contributed by atoms with E-state index in [1.807, 2.05) is 0 Å². The fraction of sp³-hybridized carbons (Fsp3) is 0.188. The highest BCUT2D eigenvalue weighted by Crippen LogP contribution is 2.23. The van der Waals surface area contributed by atoms with Crippen molar-refractivity contribution in [2.45, 2.75) is 0 Å². The Bertz CT molecular complexity index is 1160. The summed E-state index contributed by atoms with van der Waals surface area (Å²) in [5.41, 5.74) is -0.444. The minimum Gasteiger partial charge on any atom is -0.465 e. The molecule has 1 amide bonds. The molecule has 0 aliphatic rings. The van der Waals surface area contributed by atoms with Crippen LogP contribution in [0.4, 0.5) is 5.69 Å². The number of carbonyl (C=O) groups is 2. The molecule has 0 radical (unpaired) electrons. The first-order valence-corrected chi connectivity index (χ1v) is 8.26. The number of anilines is 1. The number of aromatic nitrogens is 3. The van der Waals surface area contributed by atoms with Gasteiger partial charge in [0.2, 0.25) is 0 Å². The third-order valence-corrected chi connectivity index (χ3v) is 4.73. The molecular formula is C16H14N4O5S. The average Bonchev–Trinajstić information content (AvgIpc) is 3.11. The fourth-order valence-electron chi connectivity index (χ4n) is 2.44. The Morgan fingerprint density at radius 2 is 1.96 bits per heavy atom. The van der Waals surface area contributed by atoms with Crippen LogP contribution in [0.2, 0.25) is 0 Å². The molecule has 1 N–H and O–H groups in total. The van der Waals surface area contributed by atoms with Crippen molar-refractivity contribution in [2.75, 3.05) is 12.4 Å². The van der Waals surface area contributed by atoms with Gasteiger partial charge in [-0.15, -0.1) is 11.3 Å². The molecule has 0 saturated carbocycles. The number of nitrogens with one attached hydrogen (secondary N) is 1. The molecule has 26 heavy (non-hydrogen) atoms. The number of amides is 1. The molecule has 10 heteroatoms. The molecule has 0 aromatic carbocycles. The lowest BCUT2D eigenvalue weighted by Crippen LogP contribution is -2.37. The molecule has 0 saturated heterocycles. The van der Waals surface area contributed by atoms with Crippen molar-refractivity contribution in [3.8, 4) is 0 Å². The van der Waals surface area contributed by atoms with Gasteiger partial charge in [0.15, 0.2) is 0 Å². The summed E-state index contributed by atoms with van der Waals surface area (Å²) in [5, 5.41) is 4.38. The van der Waals surface area contributed by atoms with Crippen molar-refractivity contribution in [3.63, 3.8) is 0 Å². The van der Waals surface area contributed by atoms with E-state index >= 15 is 0 Å². The maximum atomic E-state index is 12.5. The highest BCUT2D eigenvalue weighted by atomic mass is 32.1. The van der Waals surface area contributed by atoms with Crippen molar-refractivity contribution in [1.29, 1.82) is 0 Å². The fourth-order valence-corrected chi connectivity index (χ4v) is 3.21. The number of hydrogen-bond donors (Lipinski definition) is 1. The van der Waals surface area contributed by atoms with Crippen molar-refractivity contribution in [1.82, 2.24) is 14.1 Å². The van der Waals surface area contributed by atoms with Crippen molar-refractivity contribution in [3.05, 3.63) is 55.0 Å². The Labute approximate surface area is 150 Å². The zero-order valence-corrected chi connectivity index (χ0v) is 14.9. The maximum Gasteiger partial charge on any atom is 0.350 e. The van der Waals surface area contributed by atoms with E-state index in [9.17, 15) is 19.2 Å². The van der Waals surface area contributed by atoms with Gasteiger partial charge in [0.25, 0.3) is 11.5 Å². The number of nitrogens with zero attached hydrogens (tertiary/aromatic N) is 3. The van der Waals surface area contributed by atoms with E-state index in [1.54, 1.807) is 11.4 Å². The summed E-state index contributed by atoms with van der Waals surface area (Å²) in [6.07, 6.45) is 1.26. The van der Waals surface area contributed by atoms with Crippen molar-refractivity contribution < 1.29 is 14.3 Å². The van der Waals surface area contributed by atoms with Gasteiger partial charge in [-0.2, -0.15) is 0 Å². The van der Waals surface area contributed by atoms with Crippen LogP contribution in [0.1, 0.15) is 20.0 Å². The normalized spacial score (nSPS) is 10.7. The maximum absolute atomic E-state index is 12.5. The van der Waals surface area contributed by atoms with E-state index in [0.717, 1.165) is 15.9 Å². The molecule has 3 rings (SSSR count). The quantitative estimate of drug-likeness (QED) is 0.677. The van der Waals surface area contributed by atoms with Crippen LogP contribution in [-0.2, 0) is 18.8 Å². The molecule has 0 aliphatic carbocycles. The van der Waals surface area contributed by atoms with Crippen LogP contribution in [0.15, 0.2) is 33.3 Å². The van der Waals surface area contributed by atoms with E-state index < -0.39 is 23.1 Å². The second-order valence-corrected chi connectivity index (χ2v) is 6.33. The third-order valence-electron chi connectivity index (χ3n) is 3.84. The molecule has 0 unspecified atom stereocenters. The summed E-state index contributed by atoms with van der Waals surface area (Å²) in [5.74, 6) is -1.10. The number of rotatable bonds is 3. The molecule has 0 fully saturated rings. The largest absolute Gasteiger partial charge is 0.465 e. The Kier molecular flexibility index (Phi) is 4.43. The van der Waals surface area contributed by atoms with Gasteiger partial charge in [0, 0.05) is 20.3 Å². The number of carbonyl (C=O) groups excluding carboxylic acids is 2. The van der Waals surface area contributed by atoms with Crippen LogP contribution < -0.4 is 16.6 Å². The van der Waals surface area contributed by atoms with Crippen molar-refractivity contribution >= 4 is 39.9 Å². The summed E-state index contributed by atoms with van der Waals surface area (Å²) in [6.45, 7) is 0. The second-order valence-electron chi connectivity index (χ2n) is 5.41. The van der Waals surface area contributed by atoms with E-state index in [2.05, 4.69) is 15.0 Å². The predicted octanol–water partition coefficient (Wildman–Crippen LogP) is 0.733. The van der Waals surface area contributed by atoms with Gasteiger partial charge < -0.3 is 10.1 Å². The Morgan fingerprint density at radius 3 is 2.65 bits per heavy atom. The molecule has 3 aromatic rings. The molecule has 0 aliphatic heterocycles. The first kappa shape index (κ1) is 17.5. The lowest BCUT2D eigenvalue weighted by molar-refractivity contribution is 0.0607. The molecule has 0 atom stereocenters. The highest BCUT2D eigenvalue weighted by Gasteiger charge is 2.18. The Morgan fingerprint density at radius 1 is 1.23 bits per heavy atom. The van der Waals surface area contributed by atoms with Gasteiger partial charge in [0.1, 0.15) is 10.5 Å². The number of hydrogen-bond acceptors (Lipinski definition) is 7. The topological polar surface area (TPSA) is 112 Å². The van der Waals surface area contributed by atoms with E-state index in [1.165, 1.54) is 38.0 Å². The first-order valence-electron chi connectivity index (χ1n) is 7.38. The number of aryl methyl sites for hydroxylation is 1. The van der Waals surface area contributed by atoms with Gasteiger partial charge in [-0.25, -0.2) is 14.6 Å². The first-order chi connectivity index (χ1) is 12.3. The number of esters is 1. The highest BCUT2D eigenvalue weighted by molar-refractivity contribution is 7.12. The number of ether oxygens (including phenoxy) is 1. The summed E-state index contributed by atoms with van der Waals surface area (Å²) in [6, 6.07) is 2.94. The van der Waals surface area contributed by atoms with E-state index in [0.29, 0.717) is 5.69 Å². The predicted molar refractivity (Wildman–Crippen MR) is 95.8 cm³/mol. The zero-order chi connectivity index (χ0) is 19.0. The third kappa shape index (κ3) is 2.80. The summed E-state index contributed by atoms with van der Waals surface area (Å²) in [7, 11) is 4.09. The minimum atomic E-state index is -0.559. The molecule has 3 aromatic heterocycles. The van der Waals surface area contributed by atoms with Crippen molar-refractivity contribution in [2.24, 2.45) is 14.1 Å². The van der Waals surface area contributed by atoms with Gasteiger partial charge in [-0.05, 0) is 17.5 Å². The van der Waals surface area contributed by atoms with Gasteiger partial charge >= 0.3 is 11.7 Å². The molecule has 0 spiro atoms. The van der Waals surface area contributed by atoms with E-state index in [-0.39, 0.29) is 21.5 Å². The van der Waals surface area contributed by atoms with Crippen LogP contribution in [0.3, 0.4) is 0 Å². The SMILES string of the molecule is COC(=O)c1sccc1NC(=O)c1cnc2c(c1)c(=O)n(C)c(=O)n2C. The lowest BCUT2D eigenvalue weighted by atomic mass is 10.2. The Balaban J connectivity index is 2.03. The number of thiophene rings is 1. The summed E-state index contributed by atoms with van der Waals surface area (Å²) < 4.78 is 6.84. The monoisotopic (exact) mass is 374 g/mol. The smallest absolute Gasteiger partial charge is 0.350 e. The molecule has 0 bridgehead atoms. The molecule has 134 valence electrons. The van der Waals surface area contributed by atoms with Crippen LogP contribution in [0.25, 0.3) is 11.0 Å². The molecule has 9 nitrogen and oxygen atoms in total. The summed E-state index contributed by atoms with van der Waals surface area (Å²) >= 11 is 1.13. The number of methoxy groups -OCH3 is 1. The van der Waals surface area contributed by atoms with Gasteiger partial charge in [-0.3, -0.25) is 18.7 Å². The minimum absolute atomic E-state index is 0.121. The average molecular weight is 374 g/mol. The van der Waals surface area contributed by atoms with Gasteiger partial charge in [0.05, 0.1) is 23.7 Å². The van der Waals surface area contributed by atoms with Crippen LogP contribution in [0.5, 0.6) is 0 Å². The Hall–Kier alpha value is -3.27. The number of fused-ring (bicyclic) bond motifs is 1. The second kappa shape index (κ2) is 6.56. The van der Waals surface area contributed by atoms with Crippen LogP contribution >= 0.6 is 11.3 Å². The molecule has 3 heterocycles. The van der Waals surface area contributed by atoms with E-state index in [4.69, 9.17) is 0 Å². The van der Waals surface area contributed by atoms with Crippen LogP contribution in [0, 0.1) is 0 Å². The standard InChI is InChI=1S/C16H14N4O5S/c1-19-12-9(14(22)20(2)16(19)24)6-8(7-17-12)13(21)18-10-4-5-26-11(10)15(23)25-3/h4-7H,1-3H3,(H,18,21). The van der Waals surface area contributed by atoms with Crippen LogP contribution in [-0.4, -0.2) is 33.1 Å². The zero-order valence-electron chi connectivity index (χ0n) is 14.1. The lowest BCUT2D eigenvalue weighted by Gasteiger charge is -2.09.